The van der Waals surface area contributed by atoms with Crippen LogP contribution in [0.3, 0.4) is 0 Å². The molecule has 1 heteroatoms. The van der Waals surface area contributed by atoms with Crippen molar-refractivity contribution in [1.82, 2.24) is 0 Å². The van der Waals surface area contributed by atoms with Crippen molar-refractivity contribution in [2.45, 2.75) is 89.4 Å². The zero-order chi connectivity index (χ0) is 55.6. The molecule has 0 aromatic heterocycles. The van der Waals surface area contributed by atoms with Gasteiger partial charge in [0.2, 0.25) is 0 Å². The zero-order valence-electron chi connectivity index (χ0n) is 48.2. The molecule has 0 spiro atoms. The first-order valence-corrected chi connectivity index (χ1v) is 29.1. The van der Waals surface area contributed by atoms with Gasteiger partial charge in [0.05, 0.1) is 11.1 Å². The summed E-state index contributed by atoms with van der Waals surface area (Å²) in [6, 6.07) is 97.2. The number of hydrogen-bond donors (Lipinski definition) is 0. The van der Waals surface area contributed by atoms with Gasteiger partial charge in [0.15, 0.2) is 0 Å². The minimum absolute atomic E-state index is 0.0557. The number of para-hydroxylation sites is 1. The highest BCUT2D eigenvalue weighted by Gasteiger charge is 2.48. The van der Waals surface area contributed by atoms with Gasteiger partial charge >= 0.3 is 0 Å². The second kappa shape index (κ2) is 18.4. The minimum atomic E-state index is -0.628. The van der Waals surface area contributed by atoms with E-state index in [1.54, 1.807) is 0 Å². The fourth-order valence-electron chi connectivity index (χ4n) is 14.6. The number of rotatable bonds is 8. The Balaban J connectivity index is 0.997. The molecule has 0 amide bonds. The van der Waals surface area contributed by atoms with E-state index in [4.69, 9.17) is 0 Å². The van der Waals surface area contributed by atoms with Crippen molar-refractivity contribution in [1.29, 1.82) is 0 Å². The highest BCUT2D eigenvalue weighted by molar-refractivity contribution is 5.96. The molecular formula is C80H69N. The lowest BCUT2D eigenvalue weighted by molar-refractivity contribution is 0.585. The Kier molecular flexibility index (Phi) is 11.4. The lowest BCUT2D eigenvalue weighted by atomic mass is 9.66. The van der Waals surface area contributed by atoms with Crippen LogP contribution < -0.4 is 4.90 Å². The van der Waals surface area contributed by atoms with Crippen molar-refractivity contribution < 1.29 is 0 Å². The molecule has 394 valence electrons. The summed E-state index contributed by atoms with van der Waals surface area (Å²) in [6.07, 6.45) is 0. The van der Waals surface area contributed by atoms with E-state index in [0.29, 0.717) is 0 Å². The molecule has 0 N–H and O–H groups in total. The van der Waals surface area contributed by atoms with Crippen LogP contribution in [-0.4, -0.2) is 0 Å². The highest BCUT2D eigenvalue weighted by atomic mass is 15.1. The lowest BCUT2D eigenvalue weighted by Gasteiger charge is -2.37. The second-order valence-electron chi connectivity index (χ2n) is 25.8. The summed E-state index contributed by atoms with van der Waals surface area (Å²) in [5, 5.41) is 0. The van der Waals surface area contributed by atoms with Crippen LogP contribution in [-0.2, 0) is 27.1 Å². The van der Waals surface area contributed by atoms with E-state index in [9.17, 15) is 0 Å². The third-order valence-corrected chi connectivity index (χ3v) is 18.7. The Bertz CT molecular complexity index is 4230. The number of benzene rings is 11. The lowest BCUT2D eigenvalue weighted by Crippen LogP contribution is -2.30. The van der Waals surface area contributed by atoms with E-state index in [2.05, 4.69) is 322 Å². The predicted octanol–water partition coefficient (Wildman–Crippen LogP) is 21.1. The van der Waals surface area contributed by atoms with Crippen LogP contribution in [0.15, 0.2) is 255 Å². The summed E-state index contributed by atoms with van der Waals surface area (Å²) in [5.74, 6) is 0. The van der Waals surface area contributed by atoms with Gasteiger partial charge in [-0.1, -0.05) is 274 Å². The minimum Gasteiger partial charge on any atom is -0.310 e. The molecule has 1 nitrogen and oxygen atoms in total. The average molecular weight is 1040 g/mol. The Morgan fingerprint density at radius 1 is 0.296 bits per heavy atom. The van der Waals surface area contributed by atoms with Crippen LogP contribution in [0.1, 0.15) is 124 Å². The topological polar surface area (TPSA) is 3.24 Å². The molecule has 14 rings (SSSR count). The van der Waals surface area contributed by atoms with Crippen LogP contribution in [0.2, 0.25) is 0 Å². The van der Waals surface area contributed by atoms with Crippen molar-refractivity contribution in [2.24, 2.45) is 0 Å². The Hall–Kier alpha value is -8.78. The molecule has 0 bridgehead atoms. The molecule has 0 radical (unpaired) electrons. The van der Waals surface area contributed by atoms with Crippen LogP contribution in [0.5, 0.6) is 0 Å². The van der Waals surface area contributed by atoms with Crippen molar-refractivity contribution >= 4 is 17.1 Å². The third-order valence-electron chi connectivity index (χ3n) is 18.7. The standard InChI is InChI=1S/C80H69N/c1-76(2,3)55-26-21-28-57(49-55)80(58-29-22-27-56(50-58)77(4,5)6)71-38-19-15-31-62(71)65-47-45-60(51-73(65)80)81(74-39-20-16-33-66(74)68-35-23-34-67-63-32-13-17-36-69(63)78(7,8)75(67)68)59-43-40-52(41-44-59)53-42-46-64-61-30-14-18-37-70(61)79(9,72(64)48-53)54-24-11-10-12-25-54/h10-51H,1-9H3. The Labute approximate surface area is 480 Å². The fourth-order valence-corrected chi connectivity index (χ4v) is 14.6. The van der Waals surface area contributed by atoms with E-state index in [1.807, 2.05) is 0 Å². The average Bonchev–Trinajstić information content (AvgIpc) is 4.27. The molecule has 1 unspecified atom stereocenters. The van der Waals surface area contributed by atoms with Gasteiger partial charge in [-0.3, -0.25) is 0 Å². The smallest absolute Gasteiger partial charge is 0.0714 e. The summed E-state index contributed by atoms with van der Waals surface area (Å²) < 4.78 is 0. The maximum atomic E-state index is 2.55. The van der Waals surface area contributed by atoms with Crippen LogP contribution in [0.25, 0.3) is 55.6 Å². The summed E-state index contributed by atoms with van der Waals surface area (Å²) >= 11 is 0. The zero-order valence-corrected chi connectivity index (χ0v) is 48.2. The van der Waals surface area contributed by atoms with Crippen molar-refractivity contribution in [3.63, 3.8) is 0 Å². The monoisotopic (exact) mass is 1040 g/mol. The Morgan fingerprint density at radius 2 is 0.741 bits per heavy atom. The van der Waals surface area contributed by atoms with E-state index < -0.39 is 5.41 Å². The van der Waals surface area contributed by atoms with E-state index in [0.717, 1.165) is 17.1 Å². The molecule has 0 heterocycles. The summed E-state index contributed by atoms with van der Waals surface area (Å²) in [6.45, 7) is 21.2. The van der Waals surface area contributed by atoms with E-state index >= 15 is 0 Å². The molecule has 11 aromatic rings. The van der Waals surface area contributed by atoms with Gasteiger partial charge in [0, 0.05) is 27.8 Å². The molecule has 0 aliphatic heterocycles. The van der Waals surface area contributed by atoms with Crippen LogP contribution >= 0.6 is 0 Å². The first-order valence-electron chi connectivity index (χ1n) is 29.1. The molecule has 1 atom stereocenters. The van der Waals surface area contributed by atoms with Gasteiger partial charge in [-0.15, -0.1) is 0 Å². The highest BCUT2D eigenvalue weighted by Crippen LogP contribution is 2.60. The van der Waals surface area contributed by atoms with Crippen LogP contribution in [0, 0.1) is 0 Å². The first kappa shape index (κ1) is 50.4. The summed E-state index contributed by atoms with van der Waals surface area (Å²) in [7, 11) is 0. The maximum Gasteiger partial charge on any atom is 0.0714 e. The van der Waals surface area contributed by atoms with Gasteiger partial charge in [0.1, 0.15) is 0 Å². The first-order chi connectivity index (χ1) is 39.1. The third kappa shape index (κ3) is 7.65. The molecule has 3 aliphatic rings. The fraction of sp³-hybridized carbons (Fsp3) is 0.175. The van der Waals surface area contributed by atoms with Crippen molar-refractivity contribution in [2.75, 3.05) is 4.90 Å². The molecule has 0 saturated carbocycles. The molecule has 0 saturated heterocycles. The largest absolute Gasteiger partial charge is 0.310 e. The predicted molar refractivity (Wildman–Crippen MR) is 342 cm³/mol. The number of fused-ring (bicyclic) bond motifs is 9. The normalized spacial score (nSPS) is 16.0. The molecule has 0 fully saturated rings. The van der Waals surface area contributed by atoms with Gasteiger partial charge in [0.25, 0.3) is 0 Å². The summed E-state index contributed by atoms with van der Waals surface area (Å²) in [5.41, 5.74) is 29.3. The summed E-state index contributed by atoms with van der Waals surface area (Å²) in [4.78, 5) is 2.55. The molecule has 11 aromatic carbocycles. The van der Waals surface area contributed by atoms with Gasteiger partial charge in [-0.25, -0.2) is 0 Å². The molecule has 3 aliphatic carbocycles. The van der Waals surface area contributed by atoms with E-state index in [1.165, 1.54) is 117 Å². The van der Waals surface area contributed by atoms with Crippen molar-refractivity contribution in [3.8, 4) is 55.6 Å². The number of hydrogen-bond acceptors (Lipinski definition) is 1. The second-order valence-corrected chi connectivity index (χ2v) is 25.8. The van der Waals surface area contributed by atoms with Gasteiger partial charge in [-0.05, 0) is 165 Å². The SMILES string of the molecule is CC(C)(C)c1cccc(C2(c3cccc(C(C)(C)C)c3)c3ccccc3-c3ccc(N(c4ccc(-c5ccc6c(c5)C(C)(c5ccccc5)c5ccccc5-6)cc4)c4ccccc4-c4cccc5c4C(C)(C)c4ccccc4-5)cc32)c1. The van der Waals surface area contributed by atoms with Gasteiger partial charge in [-0.2, -0.15) is 0 Å². The van der Waals surface area contributed by atoms with Gasteiger partial charge < -0.3 is 4.90 Å². The quantitative estimate of drug-likeness (QED) is 0.147. The molecular weight excluding hydrogens is 975 g/mol. The number of anilines is 3. The molecule has 81 heavy (non-hydrogen) atoms. The maximum absolute atomic E-state index is 2.55. The Morgan fingerprint density at radius 3 is 1.38 bits per heavy atom. The van der Waals surface area contributed by atoms with Crippen molar-refractivity contribution in [3.05, 3.63) is 316 Å². The van der Waals surface area contributed by atoms with E-state index in [-0.39, 0.29) is 21.7 Å². The van der Waals surface area contributed by atoms with Crippen LogP contribution in [0.4, 0.5) is 17.1 Å². The number of nitrogens with zero attached hydrogens (tertiary/aromatic N) is 1.